The number of nitrogens with zero attached hydrogens (tertiary/aromatic N) is 1. The zero-order valence-electron chi connectivity index (χ0n) is 9.13. The fourth-order valence-electron chi connectivity index (χ4n) is 1.92. The Labute approximate surface area is 104 Å². The lowest BCUT2D eigenvalue weighted by Gasteiger charge is -2.23. The Morgan fingerprint density at radius 3 is 2.60 bits per heavy atom. The summed E-state index contributed by atoms with van der Waals surface area (Å²) in [7, 11) is 0. The van der Waals surface area contributed by atoms with Crippen LogP contribution in [0, 0.1) is 0 Å². The minimum Gasteiger partial charge on any atom is -0.411 e. The summed E-state index contributed by atoms with van der Waals surface area (Å²) >= 11 is 2.49. The Morgan fingerprint density at radius 2 is 1.93 bits per heavy atom. The van der Waals surface area contributed by atoms with Crippen molar-refractivity contribution in [3.63, 3.8) is 0 Å². The Hall–Kier alpha value is -0.130. The zero-order chi connectivity index (χ0) is 11.3. The van der Waals surface area contributed by atoms with Gasteiger partial charge < -0.3 is 5.21 Å². The molecule has 0 radical (unpaired) electrons. The summed E-state index contributed by atoms with van der Waals surface area (Å²) in [6, 6.07) is 0. The maximum atomic E-state index is 11.6. The van der Waals surface area contributed by atoms with Crippen LogP contribution in [0.1, 0.15) is 51.9 Å². The number of ketones is 1. The number of rotatable bonds is 0. The fraction of sp³-hybridized carbons (Fsp3) is 0.818. The lowest BCUT2D eigenvalue weighted by molar-refractivity contribution is -0.113. The third kappa shape index (κ3) is 4.49. The van der Waals surface area contributed by atoms with Crippen LogP contribution in [0.25, 0.3) is 0 Å². The summed E-state index contributed by atoms with van der Waals surface area (Å²) in [5.74, 6) is 0.0200. The van der Waals surface area contributed by atoms with Crippen molar-refractivity contribution in [3.05, 3.63) is 0 Å². The van der Waals surface area contributed by atoms with E-state index in [1.807, 2.05) is 0 Å². The van der Waals surface area contributed by atoms with Crippen LogP contribution in [0.15, 0.2) is 5.16 Å². The second kappa shape index (κ2) is 5.82. The molecule has 86 valence electrons. The molecule has 3 nitrogen and oxygen atoms in total. The quantitative estimate of drug-likeness (QED) is 0.322. The molecular weight excluding hydrogens is 305 g/mol. The molecule has 0 aliphatic heterocycles. The Kier molecular flexibility index (Phi) is 5.02. The summed E-state index contributed by atoms with van der Waals surface area (Å²) in [6.07, 6.45) is 6.35. The van der Waals surface area contributed by atoms with Gasteiger partial charge in [-0.2, -0.15) is 0 Å². The van der Waals surface area contributed by atoms with E-state index in [1.165, 1.54) is 6.42 Å². The summed E-state index contributed by atoms with van der Waals surface area (Å²) in [5, 5.41) is 11.8. The molecule has 0 aromatic carbocycles. The van der Waals surface area contributed by atoms with Crippen molar-refractivity contribution in [1.82, 2.24) is 0 Å². The van der Waals surface area contributed by atoms with Gasteiger partial charge in [0.1, 0.15) is 5.71 Å². The van der Waals surface area contributed by atoms with Gasteiger partial charge in [0.05, 0.1) is 0 Å². The van der Waals surface area contributed by atoms with Gasteiger partial charge in [0, 0.05) is 9.84 Å². The number of halogens is 1. The average molecular weight is 323 g/mol. The molecule has 0 saturated heterocycles. The topological polar surface area (TPSA) is 49.7 Å². The predicted octanol–water partition coefficient (Wildman–Crippen LogP) is 3.32. The van der Waals surface area contributed by atoms with Crippen molar-refractivity contribution in [2.24, 2.45) is 5.16 Å². The number of alkyl halides is 1. The van der Waals surface area contributed by atoms with Gasteiger partial charge in [-0.3, -0.25) is 4.79 Å². The smallest absolute Gasteiger partial charge is 0.180 e. The second-order valence-corrected chi connectivity index (χ2v) is 7.05. The van der Waals surface area contributed by atoms with Crippen LogP contribution in [-0.2, 0) is 4.79 Å². The molecule has 1 atom stereocenters. The molecule has 1 N–H and O–H groups in total. The third-order valence-corrected chi connectivity index (χ3v) is 3.98. The first kappa shape index (κ1) is 12.9. The lowest BCUT2D eigenvalue weighted by Crippen LogP contribution is -2.20. The highest BCUT2D eigenvalue weighted by molar-refractivity contribution is 14.1. The SMILES string of the molecule is CC1(I)CCCCC(=NO)C(=O)CCC1. The van der Waals surface area contributed by atoms with Crippen LogP contribution in [0.4, 0.5) is 0 Å². The minimum atomic E-state index is 0.0200. The third-order valence-electron chi connectivity index (χ3n) is 2.91. The number of oxime groups is 1. The van der Waals surface area contributed by atoms with Gasteiger partial charge in [0.2, 0.25) is 0 Å². The first-order chi connectivity index (χ1) is 7.05. The molecule has 1 aliphatic rings. The number of carbonyl (C=O) groups is 1. The van der Waals surface area contributed by atoms with Crippen LogP contribution in [0.3, 0.4) is 0 Å². The lowest BCUT2D eigenvalue weighted by atomic mass is 9.92. The van der Waals surface area contributed by atoms with Gasteiger partial charge in [0.25, 0.3) is 0 Å². The average Bonchev–Trinajstić information content (AvgIpc) is 2.16. The normalized spacial score (nSPS) is 32.9. The highest BCUT2D eigenvalue weighted by Crippen LogP contribution is 2.31. The first-order valence-corrected chi connectivity index (χ1v) is 6.56. The number of Topliss-reactive ketones (excluding diaryl/α,β-unsaturated/α-hetero) is 1. The van der Waals surface area contributed by atoms with Gasteiger partial charge in [0.15, 0.2) is 5.78 Å². The highest BCUT2D eigenvalue weighted by Gasteiger charge is 2.22. The zero-order valence-corrected chi connectivity index (χ0v) is 11.3. The van der Waals surface area contributed by atoms with Gasteiger partial charge >= 0.3 is 0 Å². The van der Waals surface area contributed by atoms with E-state index in [0.29, 0.717) is 22.0 Å². The van der Waals surface area contributed by atoms with E-state index < -0.39 is 0 Å². The molecule has 1 saturated carbocycles. The number of carbonyl (C=O) groups excluding carboxylic acids is 1. The molecule has 1 aliphatic carbocycles. The van der Waals surface area contributed by atoms with Gasteiger partial charge in [-0.1, -0.05) is 41.1 Å². The molecule has 0 aromatic rings. The van der Waals surface area contributed by atoms with Crippen LogP contribution in [0.2, 0.25) is 0 Å². The first-order valence-electron chi connectivity index (χ1n) is 5.48. The van der Waals surface area contributed by atoms with E-state index in [0.717, 1.165) is 25.7 Å². The van der Waals surface area contributed by atoms with Gasteiger partial charge in [-0.05, 0) is 32.1 Å². The standard InChI is InChI=1S/C11H18INO2/c1-11(12)7-3-2-5-9(13-15)10(14)6-4-8-11/h15H,2-8H2,1H3. The molecule has 1 rings (SSSR count). The summed E-state index contributed by atoms with van der Waals surface area (Å²) in [6.45, 7) is 2.25. The fourth-order valence-corrected chi connectivity index (χ4v) is 2.68. The van der Waals surface area contributed by atoms with Crippen molar-refractivity contribution in [1.29, 1.82) is 0 Å². The van der Waals surface area contributed by atoms with Crippen molar-refractivity contribution in [2.75, 3.05) is 0 Å². The van der Waals surface area contributed by atoms with E-state index in [1.54, 1.807) is 0 Å². The highest BCUT2D eigenvalue weighted by atomic mass is 127. The molecule has 0 bridgehead atoms. The van der Waals surface area contributed by atoms with Gasteiger partial charge in [-0.15, -0.1) is 0 Å². The second-order valence-electron chi connectivity index (χ2n) is 4.44. The summed E-state index contributed by atoms with van der Waals surface area (Å²) < 4.78 is 0.325. The Bertz CT molecular complexity index is 261. The Balaban J connectivity index is 2.58. The number of hydrogen-bond donors (Lipinski definition) is 1. The minimum absolute atomic E-state index is 0.0200. The van der Waals surface area contributed by atoms with Crippen molar-refractivity contribution < 1.29 is 10.0 Å². The van der Waals surface area contributed by atoms with E-state index in [2.05, 4.69) is 34.7 Å². The maximum Gasteiger partial charge on any atom is 0.180 e. The summed E-state index contributed by atoms with van der Waals surface area (Å²) in [5.41, 5.74) is 0.368. The van der Waals surface area contributed by atoms with E-state index in [4.69, 9.17) is 5.21 Å². The molecule has 0 heterocycles. The van der Waals surface area contributed by atoms with Crippen molar-refractivity contribution >= 4 is 34.1 Å². The molecule has 1 fully saturated rings. The Morgan fingerprint density at radius 1 is 1.27 bits per heavy atom. The molecule has 4 heteroatoms. The number of hydrogen-bond acceptors (Lipinski definition) is 3. The predicted molar refractivity (Wildman–Crippen MR) is 69.0 cm³/mol. The molecule has 0 aromatic heterocycles. The van der Waals surface area contributed by atoms with Gasteiger partial charge in [-0.25, -0.2) is 0 Å². The largest absolute Gasteiger partial charge is 0.411 e. The molecule has 0 spiro atoms. The van der Waals surface area contributed by atoms with E-state index in [-0.39, 0.29) is 5.78 Å². The molecular formula is C11H18INO2. The van der Waals surface area contributed by atoms with Crippen LogP contribution >= 0.6 is 22.6 Å². The maximum absolute atomic E-state index is 11.6. The molecule has 0 amide bonds. The van der Waals surface area contributed by atoms with Crippen molar-refractivity contribution in [2.45, 2.75) is 55.3 Å². The molecule has 15 heavy (non-hydrogen) atoms. The summed E-state index contributed by atoms with van der Waals surface area (Å²) in [4.78, 5) is 11.6. The van der Waals surface area contributed by atoms with E-state index in [9.17, 15) is 4.79 Å². The van der Waals surface area contributed by atoms with E-state index >= 15 is 0 Å². The van der Waals surface area contributed by atoms with Crippen LogP contribution in [0.5, 0.6) is 0 Å². The monoisotopic (exact) mass is 323 g/mol. The van der Waals surface area contributed by atoms with Crippen LogP contribution < -0.4 is 0 Å². The van der Waals surface area contributed by atoms with Crippen molar-refractivity contribution in [3.8, 4) is 0 Å². The van der Waals surface area contributed by atoms with Crippen LogP contribution in [-0.4, -0.2) is 20.1 Å². The molecule has 1 unspecified atom stereocenters.